The van der Waals surface area contributed by atoms with Crippen LogP contribution in [0, 0.1) is 23.7 Å². The van der Waals surface area contributed by atoms with Crippen molar-refractivity contribution in [3.8, 4) is 0 Å². The second kappa shape index (κ2) is 35.9. The number of methoxy groups -OCH3 is 2. The lowest BCUT2D eigenvalue weighted by molar-refractivity contribution is -0.148. The van der Waals surface area contributed by atoms with Crippen molar-refractivity contribution in [1.29, 1.82) is 0 Å². The highest BCUT2D eigenvalue weighted by Gasteiger charge is 2.44. The molecule has 0 aliphatic carbocycles. The van der Waals surface area contributed by atoms with Gasteiger partial charge in [0.25, 0.3) is 5.91 Å². The molecule has 0 saturated carbocycles. The van der Waals surface area contributed by atoms with E-state index in [4.69, 9.17) is 18.9 Å². The zero-order chi connectivity index (χ0) is 59.6. The Hall–Kier alpha value is -4.88. The molecule has 448 valence electrons. The number of ketones is 1. The van der Waals surface area contributed by atoms with Crippen molar-refractivity contribution in [3.05, 3.63) is 59.7 Å². The minimum atomic E-state index is -0.956. The minimum Gasteiger partial charge on any atom is -0.379 e. The van der Waals surface area contributed by atoms with Gasteiger partial charge in [0.05, 0.1) is 67.2 Å². The number of halogens is 2. The second-order valence-corrected chi connectivity index (χ2v) is 22.3. The number of nitrogens with zero attached hydrogens (tertiary/aromatic N) is 3. The van der Waals surface area contributed by atoms with Gasteiger partial charge in [-0.25, -0.2) is 0 Å². The Labute approximate surface area is 490 Å². The minimum absolute atomic E-state index is 0.00598. The number of likely N-dealkylation sites (tertiary alicyclic amines) is 1. The van der Waals surface area contributed by atoms with Crippen molar-refractivity contribution in [1.82, 2.24) is 36.0 Å². The van der Waals surface area contributed by atoms with Crippen LogP contribution in [0.25, 0.3) is 0 Å². The highest BCUT2D eigenvalue weighted by molar-refractivity contribution is 9.09. The van der Waals surface area contributed by atoms with Gasteiger partial charge in [0.1, 0.15) is 18.3 Å². The molecule has 0 aromatic heterocycles. The Balaban J connectivity index is 1.61. The summed E-state index contributed by atoms with van der Waals surface area (Å²) >= 11 is 6.19. The van der Waals surface area contributed by atoms with Crippen LogP contribution in [0.15, 0.2) is 48.5 Å². The van der Waals surface area contributed by atoms with Crippen LogP contribution in [-0.2, 0) is 58.9 Å². The monoisotopic (exact) mass is 1250 g/mol. The number of anilines is 2. The Morgan fingerprint density at radius 3 is 1.82 bits per heavy atom. The zero-order valence-corrected chi connectivity index (χ0v) is 52.0. The van der Waals surface area contributed by atoms with E-state index in [1.807, 2.05) is 95.8 Å². The molecule has 0 spiro atoms. The van der Waals surface area contributed by atoms with Crippen molar-refractivity contribution in [2.75, 3.05) is 103 Å². The normalized spacial score (nSPS) is 16.6. The number of benzene rings is 2. The molecule has 0 bridgehead atoms. The topological polar surface area (TPSA) is 255 Å². The quantitative estimate of drug-likeness (QED) is 0.0403. The maximum Gasteiger partial charge on any atom is 0.251 e. The van der Waals surface area contributed by atoms with E-state index in [-0.39, 0.29) is 116 Å². The summed E-state index contributed by atoms with van der Waals surface area (Å²) in [4.78, 5) is 113. The van der Waals surface area contributed by atoms with E-state index in [0.29, 0.717) is 37.2 Å². The molecule has 6 N–H and O–H groups in total. The number of Topliss-reactive ketones (excluding diaryl/α,β-unsaturated/α-hetero) is 1. The number of hydrogen-bond acceptors (Lipinski definition) is 14. The number of nitrogens with one attached hydrogen (secondary N) is 6. The first kappa shape index (κ1) is 69.4. The van der Waals surface area contributed by atoms with Crippen LogP contribution in [0.1, 0.15) is 90.1 Å². The van der Waals surface area contributed by atoms with Crippen LogP contribution in [0.4, 0.5) is 11.4 Å². The van der Waals surface area contributed by atoms with Gasteiger partial charge in [-0.1, -0.05) is 110 Å². The first-order chi connectivity index (χ1) is 38.0. The van der Waals surface area contributed by atoms with E-state index in [1.165, 1.54) is 19.2 Å². The number of amides is 7. The third-order valence-corrected chi connectivity index (χ3v) is 15.3. The maximum atomic E-state index is 14.5. The molecule has 80 heavy (non-hydrogen) atoms. The van der Waals surface area contributed by atoms with Crippen LogP contribution >= 0.6 is 31.9 Å². The van der Waals surface area contributed by atoms with Gasteiger partial charge in [-0.15, -0.1) is 0 Å². The van der Waals surface area contributed by atoms with Crippen molar-refractivity contribution in [3.63, 3.8) is 0 Å². The Morgan fingerprint density at radius 2 is 1.31 bits per heavy atom. The molecule has 1 fully saturated rings. The van der Waals surface area contributed by atoms with Crippen LogP contribution in [0.3, 0.4) is 0 Å². The number of ether oxygens (including phenoxy) is 4. The van der Waals surface area contributed by atoms with E-state index >= 15 is 0 Å². The number of likely N-dealkylation sites (N-methyl/N-ethyl adjacent to an activating group) is 2. The van der Waals surface area contributed by atoms with Crippen molar-refractivity contribution in [2.45, 2.75) is 123 Å². The first-order valence-corrected chi connectivity index (χ1v) is 29.8. The smallest absolute Gasteiger partial charge is 0.251 e. The van der Waals surface area contributed by atoms with Crippen molar-refractivity contribution < 1.29 is 57.3 Å². The molecule has 9 atom stereocenters. The second-order valence-electron chi connectivity index (χ2n) is 21.1. The molecule has 3 rings (SSSR count). The Morgan fingerprint density at radius 1 is 0.725 bits per heavy atom. The summed E-state index contributed by atoms with van der Waals surface area (Å²) in [6, 6.07) is 10.6. The van der Waals surface area contributed by atoms with E-state index in [2.05, 4.69) is 63.8 Å². The van der Waals surface area contributed by atoms with E-state index in [1.54, 1.807) is 32.0 Å². The Bertz CT molecular complexity index is 2270. The average molecular weight is 1250 g/mol. The van der Waals surface area contributed by atoms with Gasteiger partial charge in [-0.3, -0.25) is 48.2 Å². The van der Waals surface area contributed by atoms with Gasteiger partial charge < -0.3 is 55.7 Å². The Kier molecular flexibility index (Phi) is 31.1. The molecule has 1 aliphatic heterocycles. The summed E-state index contributed by atoms with van der Waals surface area (Å²) < 4.78 is 23.4. The molecule has 2 aromatic rings. The van der Waals surface area contributed by atoms with E-state index < -0.39 is 66.2 Å². The highest BCUT2D eigenvalue weighted by Crippen LogP contribution is 2.30. The summed E-state index contributed by atoms with van der Waals surface area (Å²) in [7, 11) is 8.44. The number of carbonyl (C=O) groups excluding carboxylic acids is 8. The molecule has 2 aromatic carbocycles. The predicted octanol–water partition coefficient (Wildman–Crippen LogP) is 4.61. The highest BCUT2D eigenvalue weighted by atomic mass is 79.9. The molecule has 21 nitrogen and oxygen atoms in total. The van der Waals surface area contributed by atoms with Gasteiger partial charge in [-0.2, -0.15) is 0 Å². The van der Waals surface area contributed by atoms with Gasteiger partial charge in [0, 0.05) is 70.7 Å². The van der Waals surface area contributed by atoms with Gasteiger partial charge in [0.2, 0.25) is 35.4 Å². The zero-order valence-electron chi connectivity index (χ0n) is 48.9. The van der Waals surface area contributed by atoms with Gasteiger partial charge in [-0.05, 0) is 75.4 Å². The SMILES string of the molecule is CC[C@H](C)[C@@H]([C@@H](CC(=O)C1CCCN1[C@H](OC)[C@@H](C)C(=O)N[C@H](Cc1ccccc1)C(=O)NCCOCCOCCNC(=O)c1cc(NC(=O)CBr)cc(NC(=O)CBr)c1)OC)N(C)C(=O)C(NC(=O)C(C(C)C)N(C)C)C(C)C. The predicted molar refractivity (Wildman–Crippen MR) is 316 cm³/mol. The lowest BCUT2D eigenvalue weighted by atomic mass is 9.88. The van der Waals surface area contributed by atoms with Crippen molar-refractivity contribution >= 4 is 90.4 Å². The lowest BCUT2D eigenvalue weighted by Crippen LogP contribution is -2.59. The summed E-state index contributed by atoms with van der Waals surface area (Å²) in [6.45, 7) is 15.0. The fraction of sp³-hybridized carbons (Fsp3) is 0.649. The molecule has 7 amide bonds. The van der Waals surface area contributed by atoms with Gasteiger partial charge >= 0.3 is 0 Å². The number of hydrogen-bond donors (Lipinski definition) is 6. The van der Waals surface area contributed by atoms with Crippen molar-refractivity contribution in [2.24, 2.45) is 23.7 Å². The molecule has 1 aliphatic rings. The maximum absolute atomic E-state index is 14.5. The average Bonchev–Trinajstić information content (AvgIpc) is 3.91. The fourth-order valence-corrected chi connectivity index (χ4v) is 10.3. The number of alkyl halides is 2. The van der Waals surface area contributed by atoms with Crippen LogP contribution in [0.5, 0.6) is 0 Å². The fourth-order valence-electron chi connectivity index (χ4n) is 10.0. The van der Waals surface area contributed by atoms with E-state index in [0.717, 1.165) is 5.56 Å². The molecule has 23 heteroatoms. The van der Waals surface area contributed by atoms with Crippen LogP contribution in [-0.4, -0.2) is 196 Å². The molecule has 3 unspecified atom stereocenters. The molecule has 1 heterocycles. The molecular weight excluding hydrogens is 1160 g/mol. The number of rotatable bonds is 36. The summed E-state index contributed by atoms with van der Waals surface area (Å²) in [5.74, 6) is -3.64. The summed E-state index contributed by atoms with van der Waals surface area (Å²) in [6.07, 6.45) is 0.619. The third kappa shape index (κ3) is 21.8. The lowest BCUT2D eigenvalue weighted by Gasteiger charge is -2.41. The van der Waals surface area contributed by atoms with E-state index in [9.17, 15) is 38.4 Å². The molecule has 1 saturated heterocycles. The molecular formula is C57H89Br2N9O12. The van der Waals surface area contributed by atoms with Gasteiger partial charge in [0.15, 0.2) is 5.78 Å². The third-order valence-electron chi connectivity index (χ3n) is 14.2. The first-order valence-electron chi connectivity index (χ1n) is 27.5. The standard InChI is InChI=1S/C57H89Br2N9O12/c1-13-37(6)51(67(10)56(76)49(35(2)3)65-55(75)50(36(4)5)66(8)9)46(77-11)32-45(69)44-20-17-23-68(44)57(78-12)38(7)52(72)64-43(28-39-18-15-14-16-19-39)54(74)61-22-25-80-27-26-79-24-21-60-53(73)40-29-41(62-47(70)33-58)31-42(30-40)63-48(71)34-59/h14-16,18-19,29-31,35-38,43-44,46,49-51,57H,13,17,20-28,32-34H2,1-12H3,(H,60,73)(H,61,74)(H,62,70)(H,63,71)(H,64,72)(H,65,75)/t37-,38-,43+,44?,46+,49?,50?,51-,57+/m0/s1. The van der Waals surface area contributed by atoms with Crippen LogP contribution < -0.4 is 31.9 Å². The molecule has 0 radical (unpaired) electrons. The largest absolute Gasteiger partial charge is 0.379 e. The summed E-state index contributed by atoms with van der Waals surface area (Å²) in [5.41, 5.74) is 1.73. The summed E-state index contributed by atoms with van der Waals surface area (Å²) in [5, 5.41) is 17.0. The van der Waals surface area contributed by atoms with Crippen LogP contribution in [0.2, 0.25) is 0 Å². The number of carbonyl (C=O) groups is 8.